The van der Waals surface area contributed by atoms with Crippen LogP contribution in [-0.4, -0.2) is 29.2 Å². The molecule has 1 fully saturated rings. The molecule has 0 spiro atoms. The molecule has 1 aromatic rings. The van der Waals surface area contributed by atoms with E-state index < -0.39 is 0 Å². The van der Waals surface area contributed by atoms with Crippen LogP contribution in [0.5, 0.6) is 0 Å². The first-order valence-electron chi connectivity index (χ1n) is 6.67. The first-order chi connectivity index (χ1) is 8.83. The second-order valence-corrected chi connectivity index (χ2v) is 4.94. The third-order valence-electron chi connectivity index (χ3n) is 3.64. The molecule has 2 rings (SSSR count). The molecule has 3 heteroatoms. The van der Waals surface area contributed by atoms with E-state index in [1.54, 1.807) is 0 Å². The molecule has 0 unspecified atom stereocenters. The molecule has 0 aliphatic heterocycles. The Balaban J connectivity index is 2.00. The second kappa shape index (κ2) is 6.53. The van der Waals surface area contributed by atoms with E-state index in [4.69, 9.17) is 10.4 Å². The Hall–Kier alpha value is -1.37. The van der Waals surface area contributed by atoms with Crippen LogP contribution in [0, 0.1) is 11.3 Å². The van der Waals surface area contributed by atoms with Gasteiger partial charge in [-0.05, 0) is 37.0 Å². The Bertz CT molecular complexity index is 421. The number of hydrogen-bond donors (Lipinski definition) is 1. The zero-order chi connectivity index (χ0) is 12.8. The topological polar surface area (TPSA) is 47.3 Å². The fourth-order valence-corrected chi connectivity index (χ4v) is 2.39. The molecule has 0 heterocycles. The van der Waals surface area contributed by atoms with Gasteiger partial charge in [-0.15, -0.1) is 0 Å². The van der Waals surface area contributed by atoms with Gasteiger partial charge in [0.15, 0.2) is 0 Å². The molecular formula is C15H20N2O. The van der Waals surface area contributed by atoms with E-state index in [1.807, 2.05) is 18.2 Å². The summed E-state index contributed by atoms with van der Waals surface area (Å²) in [7, 11) is 0. The van der Waals surface area contributed by atoms with E-state index >= 15 is 0 Å². The lowest BCUT2D eigenvalue weighted by Gasteiger charge is -2.37. The summed E-state index contributed by atoms with van der Waals surface area (Å²) in [6.45, 7) is 2.08. The van der Waals surface area contributed by atoms with Gasteiger partial charge in [0, 0.05) is 25.7 Å². The van der Waals surface area contributed by atoms with Crippen molar-refractivity contribution in [3.05, 3.63) is 35.4 Å². The number of nitrogens with zero attached hydrogens (tertiary/aromatic N) is 2. The van der Waals surface area contributed by atoms with E-state index in [-0.39, 0.29) is 6.61 Å². The highest BCUT2D eigenvalue weighted by Crippen LogP contribution is 2.26. The first kappa shape index (κ1) is 13.1. The van der Waals surface area contributed by atoms with E-state index in [9.17, 15) is 0 Å². The summed E-state index contributed by atoms with van der Waals surface area (Å²) in [6.07, 6.45) is 4.68. The van der Waals surface area contributed by atoms with Crippen LogP contribution >= 0.6 is 0 Å². The number of rotatable bonds is 6. The zero-order valence-corrected chi connectivity index (χ0v) is 10.7. The van der Waals surface area contributed by atoms with Gasteiger partial charge in [0.1, 0.15) is 0 Å². The van der Waals surface area contributed by atoms with E-state index in [0.29, 0.717) is 6.04 Å². The fourth-order valence-electron chi connectivity index (χ4n) is 2.39. The molecular weight excluding hydrogens is 224 g/mol. The summed E-state index contributed by atoms with van der Waals surface area (Å²) < 4.78 is 0. The summed E-state index contributed by atoms with van der Waals surface area (Å²) in [5.74, 6) is 0. The zero-order valence-electron chi connectivity index (χ0n) is 10.7. The van der Waals surface area contributed by atoms with Crippen molar-refractivity contribution in [3.8, 4) is 6.07 Å². The molecule has 1 aromatic carbocycles. The third kappa shape index (κ3) is 3.32. The lowest BCUT2D eigenvalue weighted by atomic mass is 9.91. The van der Waals surface area contributed by atoms with Gasteiger partial charge in [0.25, 0.3) is 0 Å². The van der Waals surface area contributed by atoms with E-state index in [1.165, 1.54) is 24.8 Å². The van der Waals surface area contributed by atoms with Crippen molar-refractivity contribution in [2.45, 2.75) is 38.3 Å². The molecule has 0 atom stereocenters. The highest BCUT2D eigenvalue weighted by molar-refractivity contribution is 5.32. The number of hydrogen-bond acceptors (Lipinski definition) is 3. The maximum Gasteiger partial charge on any atom is 0.0991 e. The Labute approximate surface area is 109 Å². The maximum atomic E-state index is 8.97. The lowest BCUT2D eigenvalue weighted by molar-refractivity contribution is 0.109. The Kier molecular flexibility index (Phi) is 4.74. The molecule has 1 aliphatic rings. The van der Waals surface area contributed by atoms with Crippen molar-refractivity contribution in [3.63, 3.8) is 0 Å². The van der Waals surface area contributed by atoms with Gasteiger partial charge in [-0.25, -0.2) is 0 Å². The predicted octanol–water partition coefficient (Wildman–Crippen LogP) is 2.30. The minimum Gasteiger partial charge on any atom is -0.396 e. The molecule has 96 valence electrons. The Morgan fingerprint density at radius 1 is 1.39 bits per heavy atom. The molecule has 0 bridgehead atoms. The van der Waals surface area contributed by atoms with Crippen LogP contribution < -0.4 is 0 Å². The summed E-state index contributed by atoms with van der Waals surface area (Å²) in [5.41, 5.74) is 1.92. The van der Waals surface area contributed by atoms with Crippen molar-refractivity contribution in [1.82, 2.24) is 4.90 Å². The maximum absolute atomic E-state index is 8.97. The largest absolute Gasteiger partial charge is 0.396 e. The van der Waals surface area contributed by atoms with Crippen LogP contribution in [-0.2, 0) is 6.54 Å². The van der Waals surface area contributed by atoms with Crippen LogP contribution in [0.15, 0.2) is 24.3 Å². The highest BCUT2D eigenvalue weighted by atomic mass is 16.3. The number of benzene rings is 1. The van der Waals surface area contributed by atoms with Gasteiger partial charge in [0.2, 0.25) is 0 Å². The minimum atomic E-state index is 0.251. The average Bonchev–Trinajstić information content (AvgIpc) is 2.34. The normalized spacial score (nSPS) is 15.4. The molecule has 0 saturated heterocycles. The standard InChI is InChI=1S/C15H20N2O/c16-11-13-4-1-5-14(10-13)12-17(8-3-9-18)15-6-2-7-15/h1,4-5,10,15,18H,2-3,6-9,12H2. The fraction of sp³-hybridized carbons (Fsp3) is 0.533. The predicted molar refractivity (Wildman–Crippen MR) is 70.9 cm³/mol. The van der Waals surface area contributed by atoms with Gasteiger partial charge in [-0.2, -0.15) is 5.26 Å². The summed E-state index contributed by atoms with van der Waals surface area (Å²) in [5, 5.41) is 17.9. The molecule has 0 aromatic heterocycles. The van der Waals surface area contributed by atoms with Gasteiger partial charge >= 0.3 is 0 Å². The van der Waals surface area contributed by atoms with Crippen molar-refractivity contribution in [2.75, 3.05) is 13.2 Å². The number of nitriles is 1. The molecule has 1 aliphatic carbocycles. The smallest absolute Gasteiger partial charge is 0.0991 e. The molecule has 3 nitrogen and oxygen atoms in total. The van der Waals surface area contributed by atoms with Gasteiger partial charge in [0.05, 0.1) is 11.6 Å². The van der Waals surface area contributed by atoms with E-state index in [0.717, 1.165) is 25.1 Å². The average molecular weight is 244 g/mol. The summed E-state index contributed by atoms with van der Waals surface area (Å²) in [4.78, 5) is 2.44. The molecule has 0 amide bonds. The van der Waals surface area contributed by atoms with Crippen molar-refractivity contribution in [2.24, 2.45) is 0 Å². The monoisotopic (exact) mass is 244 g/mol. The van der Waals surface area contributed by atoms with Crippen LogP contribution in [0.25, 0.3) is 0 Å². The van der Waals surface area contributed by atoms with Crippen molar-refractivity contribution in [1.29, 1.82) is 5.26 Å². The third-order valence-corrected chi connectivity index (χ3v) is 3.64. The highest BCUT2D eigenvalue weighted by Gasteiger charge is 2.24. The van der Waals surface area contributed by atoms with Gasteiger partial charge in [-0.1, -0.05) is 18.6 Å². The number of aliphatic hydroxyl groups excluding tert-OH is 1. The van der Waals surface area contributed by atoms with Crippen LogP contribution in [0.1, 0.15) is 36.8 Å². The molecule has 0 radical (unpaired) electrons. The van der Waals surface area contributed by atoms with Crippen LogP contribution in [0.4, 0.5) is 0 Å². The van der Waals surface area contributed by atoms with Crippen molar-refractivity contribution < 1.29 is 5.11 Å². The SMILES string of the molecule is N#Cc1cccc(CN(CCCO)C2CCC2)c1. The lowest BCUT2D eigenvalue weighted by Crippen LogP contribution is -2.40. The van der Waals surface area contributed by atoms with Gasteiger partial charge in [-0.3, -0.25) is 4.90 Å². The van der Waals surface area contributed by atoms with Gasteiger partial charge < -0.3 is 5.11 Å². The summed E-state index contributed by atoms with van der Waals surface area (Å²) in [6, 6.07) is 10.7. The Morgan fingerprint density at radius 2 is 2.22 bits per heavy atom. The molecule has 1 saturated carbocycles. The number of aliphatic hydroxyl groups is 1. The minimum absolute atomic E-state index is 0.251. The summed E-state index contributed by atoms with van der Waals surface area (Å²) >= 11 is 0. The quantitative estimate of drug-likeness (QED) is 0.835. The Morgan fingerprint density at radius 3 is 2.83 bits per heavy atom. The first-order valence-corrected chi connectivity index (χ1v) is 6.67. The molecule has 18 heavy (non-hydrogen) atoms. The molecule has 1 N–H and O–H groups in total. The van der Waals surface area contributed by atoms with Crippen molar-refractivity contribution >= 4 is 0 Å². The second-order valence-electron chi connectivity index (χ2n) is 4.94. The van der Waals surface area contributed by atoms with Crippen LogP contribution in [0.3, 0.4) is 0 Å². The van der Waals surface area contributed by atoms with Crippen LogP contribution in [0.2, 0.25) is 0 Å². The van der Waals surface area contributed by atoms with E-state index in [2.05, 4.69) is 17.0 Å².